The van der Waals surface area contributed by atoms with Crippen LogP contribution in [0.3, 0.4) is 0 Å². The maximum atomic E-state index is 14.0. The fourth-order valence-corrected chi connectivity index (χ4v) is 2.83. The molecule has 0 saturated carbocycles. The van der Waals surface area contributed by atoms with E-state index in [9.17, 15) is 26.3 Å². The predicted molar refractivity (Wildman–Crippen MR) is 119 cm³/mol. The van der Waals surface area contributed by atoms with Gasteiger partial charge in [0.05, 0.1) is 5.38 Å². The molecular formula is C24H27ClF6O3. The van der Waals surface area contributed by atoms with Crippen LogP contribution in [-0.4, -0.2) is 49.6 Å². The number of ether oxygens (including phenoxy) is 3. The van der Waals surface area contributed by atoms with Crippen molar-refractivity contribution < 1.29 is 40.6 Å². The van der Waals surface area contributed by atoms with Crippen LogP contribution in [0.2, 0.25) is 0 Å². The lowest BCUT2D eigenvalue weighted by Gasteiger charge is -2.32. The maximum absolute atomic E-state index is 14.0. The topological polar surface area (TPSA) is 27.7 Å². The van der Waals surface area contributed by atoms with Gasteiger partial charge in [0.1, 0.15) is 24.7 Å². The van der Waals surface area contributed by atoms with Crippen molar-refractivity contribution in [3.8, 4) is 22.6 Å². The average Bonchev–Trinajstić information content (AvgIpc) is 2.79. The Morgan fingerprint density at radius 3 is 1.71 bits per heavy atom. The molecule has 0 N–H and O–H groups in total. The van der Waals surface area contributed by atoms with Gasteiger partial charge in [-0.3, -0.25) is 0 Å². The lowest BCUT2D eigenvalue weighted by molar-refractivity contribution is -0.324. The van der Waals surface area contributed by atoms with Crippen molar-refractivity contribution in [3.05, 3.63) is 48.5 Å². The third kappa shape index (κ3) is 7.43. The van der Waals surface area contributed by atoms with E-state index in [4.69, 9.17) is 21.1 Å². The summed E-state index contributed by atoms with van der Waals surface area (Å²) in [6.45, 7) is -0.0733. The molecular weight excluding hydrogens is 486 g/mol. The molecule has 1 atom stereocenters. The number of benzene rings is 2. The van der Waals surface area contributed by atoms with Gasteiger partial charge in [-0.25, -0.2) is 0 Å². The quantitative estimate of drug-likeness (QED) is 0.149. The molecule has 1 unspecified atom stereocenters. The van der Waals surface area contributed by atoms with Crippen LogP contribution < -0.4 is 9.47 Å². The normalized spacial score (nSPS) is 13.6. The SMILES string of the molecule is CCCCOCC(F)(F)C(F)(F)C(F)(F)COc1ccc(-c2ccc(OCC(C)Cl)cc2)cc1. The first-order chi connectivity index (χ1) is 15.9. The minimum absolute atomic E-state index is 0.148. The van der Waals surface area contributed by atoms with E-state index in [2.05, 4.69) is 4.74 Å². The van der Waals surface area contributed by atoms with Crippen molar-refractivity contribution in [3.63, 3.8) is 0 Å². The molecule has 2 aromatic carbocycles. The summed E-state index contributed by atoms with van der Waals surface area (Å²) in [6.07, 6.45) is 0.931. The van der Waals surface area contributed by atoms with E-state index in [0.29, 0.717) is 30.8 Å². The van der Waals surface area contributed by atoms with Crippen molar-refractivity contribution in [2.45, 2.75) is 49.8 Å². The molecule has 0 fully saturated rings. The van der Waals surface area contributed by atoms with E-state index < -0.39 is 31.0 Å². The minimum atomic E-state index is -5.66. The van der Waals surface area contributed by atoms with Crippen LogP contribution in [0.4, 0.5) is 26.3 Å². The molecule has 10 heteroatoms. The van der Waals surface area contributed by atoms with Crippen LogP contribution in [0.25, 0.3) is 11.1 Å². The number of unbranched alkanes of at least 4 members (excludes halogenated alkanes) is 1. The summed E-state index contributed by atoms with van der Waals surface area (Å²) in [5.74, 6) is -15.4. The molecule has 190 valence electrons. The lowest BCUT2D eigenvalue weighted by Crippen LogP contribution is -2.58. The molecule has 2 aromatic rings. The van der Waals surface area contributed by atoms with Crippen LogP contribution in [0.5, 0.6) is 11.5 Å². The number of halogens is 7. The van der Waals surface area contributed by atoms with E-state index in [1.54, 1.807) is 38.1 Å². The van der Waals surface area contributed by atoms with Gasteiger partial charge in [-0.1, -0.05) is 37.6 Å². The molecule has 34 heavy (non-hydrogen) atoms. The highest BCUT2D eigenvalue weighted by atomic mass is 35.5. The Kier molecular flexibility index (Phi) is 9.94. The summed E-state index contributed by atoms with van der Waals surface area (Å²) in [5, 5.41) is -0.148. The molecule has 0 aliphatic carbocycles. The van der Waals surface area contributed by atoms with Crippen LogP contribution in [0.1, 0.15) is 26.7 Å². The fourth-order valence-electron chi connectivity index (χ4n) is 2.77. The van der Waals surface area contributed by atoms with Gasteiger partial charge in [-0.2, -0.15) is 26.3 Å². The summed E-state index contributed by atoms with van der Waals surface area (Å²) >= 11 is 5.83. The Hall–Kier alpha value is -2.13. The Morgan fingerprint density at radius 1 is 0.765 bits per heavy atom. The lowest BCUT2D eigenvalue weighted by atomic mass is 10.1. The summed E-state index contributed by atoms with van der Waals surface area (Å²) in [5.41, 5.74) is 1.47. The highest BCUT2D eigenvalue weighted by Gasteiger charge is 2.71. The highest BCUT2D eigenvalue weighted by molar-refractivity contribution is 6.20. The molecule has 0 radical (unpaired) electrons. The molecule has 0 aliphatic rings. The Labute approximate surface area is 200 Å². The smallest absolute Gasteiger partial charge is 0.377 e. The van der Waals surface area contributed by atoms with E-state index in [1.807, 2.05) is 0 Å². The Balaban J connectivity index is 1.98. The van der Waals surface area contributed by atoms with Gasteiger partial charge in [0, 0.05) is 6.61 Å². The third-order valence-corrected chi connectivity index (χ3v) is 4.91. The molecule has 0 aromatic heterocycles. The molecule has 0 saturated heterocycles. The van der Waals surface area contributed by atoms with Crippen LogP contribution in [0.15, 0.2) is 48.5 Å². The van der Waals surface area contributed by atoms with Crippen LogP contribution in [-0.2, 0) is 4.74 Å². The molecule has 3 nitrogen and oxygen atoms in total. The summed E-state index contributed by atoms with van der Waals surface area (Å²) in [7, 11) is 0. The second-order valence-corrected chi connectivity index (χ2v) is 8.56. The van der Waals surface area contributed by atoms with Gasteiger partial charge >= 0.3 is 17.8 Å². The van der Waals surface area contributed by atoms with Gasteiger partial charge in [-0.05, 0) is 48.7 Å². The van der Waals surface area contributed by atoms with Gasteiger partial charge in [0.15, 0.2) is 6.61 Å². The largest absolute Gasteiger partial charge is 0.492 e. The number of alkyl halides is 7. The molecule has 0 spiro atoms. The van der Waals surface area contributed by atoms with Crippen molar-refractivity contribution in [1.82, 2.24) is 0 Å². The van der Waals surface area contributed by atoms with Crippen molar-refractivity contribution in [1.29, 1.82) is 0 Å². The first-order valence-corrected chi connectivity index (χ1v) is 11.1. The average molecular weight is 513 g/mol. The standard InChI is InChI=1S/C24H27ClF6O3/c1-3-4-13-32-15-22(26,27)24(30,31)23(28,29)16-34-21-11-7-19(8-12-21)18-5-9-20(10-6-18)33-14-17(2)25/h5-12,17H,3-4,13-16H2,1-2H3. The Morgan fingerprint density at radius 2 is 1.24 bits per heavy atom. The molecule has 0 heterocycles. The van der Waals surface area contributed by atoms with Crippen molar-refractivity contribution in [2.75, 3.05) is 26.4 Å². The van der Waals surface area contributed by atoms with E-state index in [1.165, 1.54) is 24.3 Å². The van der Waals surface area contributed by atoms with Gasteiger partial charge in [0.2, 0.25) is 0 Å². The number of rotatable bonds is 14. The second kappa shape index (κ2) is 12.0. The molecule has 0 aliphatic heterocycles. The monoisotopic (exact) mass is 512 g/mol. The summed E-state index contributed by atoms with van der Waals surface area (Å²) in [6, 6.07) is 12.6. The first-order valence-electron chi connectivity index (χ1n) is 10.7. The first kappa shape index (κ1) is 28.1. The molecule has 2 rings (SSSR count). The molecule has 0 amide bonds. The van der Waals surface area contributed by atoms with Gasteiger partial charge in [0.25, 0.3) is 0 Å². The Bertz CT molecular complexity index is 873. The third-order valence-electron chi connectivity index (χ3n) is 4.79. The van der Waals surface area contributed by atoms with Crippen LogP contribution in [0, 0.1) is 0 Å². The van der Waals surface area contributed by atoms with Crippen LogP contribution >= 0.6 is 11.6 Å². The van der Waals surface area contributed by atoms with E-state index in [-0.39, 0.29) is 17.7 Å². The zero-order valence-electron chi connectivity index (χ0n) is 18.8. The van der Waals surface area contributed by atoms with Crippen molar-refractivity contribution >= 4 is 11.6 Å². The zero-order valence-corrected chi connectivity index (χ0v) is 19.6. The predicted octanol–water partition coefficient (Wildman–Crippen LogP) is 7.46. The number of hydrogen-bond donors (Lipinski definition) is 0. The summed E-state index contributed by atoms with van der Waals surface area (Å²) < 4.78 is 98.1. The summed E-state index contributed by atoms with van der Waals surface area (Å²) in [4.78, 5) is 0. The van der Waals surface area contributed by atoms with E-state index in [0.717, 1.165) is 5.56 Å². The maximum Gasteiger partial charge on any atom is 0.377 e. The number of hydrogen-bond acceptors (Lipinski definition) is 3. The zero-order chi connectivity index (χ0) is 25.4. The highest BCUT2D eigenvalue weighted by Crippen LogP contribution is 2.46. The van der Waals surface area contributed by atoms with Crippen molar-refractivity contribution in [2.24, 2.45) is 0 Å². The fraction of sp³-hybridized carbons (Fsp3) is 0.500. The minimum Gasteiger partial charge on any atom is -0.492 e. The van der Waals surface area contributed by atoms with Gasteiger partial charge < -0.3 is 14.2 Å². The van der Waals surface area contributed by atoms with Gasteiger partial charge in [-0.15, -0.1) is 11.6 Å². The van der Waals surface area contributed by atoms with E-state index >= 15 is 0 Å². The molecule has 0 bridgehead atoms. The second-order valence-electron chi connectivity index (χ2n) is 7.82.